The van der Waals surface area contributed by atoms with E-state index in [0.29, 0.717) is 19.3 Å². The van der Waals surface area contributed by atoms with E-state index in [4.69, 9.17) is 14.2 Å². The Bertz CT molecular complexity index is 1070. The van der Waals surface area contributed by atoms with Crippen LogP contribution < -0.4 is 0 Å². The molecule has 0 aromatic carbocycles. The summed E-state index contributed by atoms with van der Waals surface area (Å²) in [6.07, 6.45) is 47.2. The van der Waals surface area contributed by atoms with Crippen molar-refractivity contribution < 1.29 is 38.2 Å². The number of carboxylic acids is 1. The van der Waals surface area contributed by atoms with Crippen LogP contribution in [0.2, 0.25) is 0 Å². The van der Waals surface area contributed by atoms with Crippen LogP contribution in [0, 0.1) is 0 Å². The second-order valence-corrected chi connectivity index (χ2v) is 16.7. The first-order valence-corrected chi connectivity index (χ1v) is 23.2. The van der Waals surface area contributed by atoms with Gasteiger partial charge < -0.3 is 23.8 Å². The van der Waals surface area contributed by atoms with E-state index in [0.717, 1.165) is 77.0 Å². The molecule has 2 unspecified atom stereocenters. The lowest BCUT2D eigenvalue weighted by molar-refractivity contribution is -0.887. The Kier molecular flexibility index (Phi) is 38.2. The molecule has 0 aromatic rings. The van der Waals surface area contributed by atoms with Crippen LogP contribution in [0.15, 0.2) is 48.6 Å². The molecule has 0 amide bonds. The predicted molar refractivity (Wildman–Crippen MR) is 238 cm³/mol. The van der Waals surface area contributed by atoms with Gasteiger partial charge in [-0.25, -0.2) is 4.79 Å². The third-order valence-electron chi connectivity index (χ3n) is 10.2. The number of carbonyl (C=O) groups excluding carboxylic acids is 2. The van der Waals surface area contributed by atoms with Gasteiger partial charge in [0.2, 0.25) is 0 Å². The van der Waals surface area contributed by atoms with Crippen LogP contribution in [-0.2, 0) is 28.6 Å². The Labute approximate surface area is 350 Å². The summed E-state index contributed by atoms with van der Waals surface area (Å²) in [5, 5.41) is 9.62. The molecule has 0 rings (SSSR count). The molecule has 0 aromatic heterocycles. The van der Waals surface area contributed by atoms with Crippen molar-refractivity contribution in [2.45, 2.75) is 206 Å². The molecule has 0 fully saturated rings. The topological polar surface area (TPSA) is 99.1 Å². The molecule has 0 saturated heterocycles. The van der Waals surface area contributed by atoms with Gasteiger partial charge in [0.1, 0.15) is 6.61 Å². The smallest absolute Gasteiger partial charge is 0.362 e. The molecular weight excluding hydrogens is 715 g/mol. The van der Waals surface area contributed by atoms with Crippen LogP contribution in [-0.4, -0.2) is 80.6 Å². The number of likely N-dealkylation sites (N-methyl/N-ethyl adjacent to an activating group) is 1. The number of carboxylic acid groups (broad SMARTS) is 1. The number of ether oxygens (including phenoxy) is 3. The molecule has 0 radical (unpaired) electrons. The maximum absolute atomic E-state index is 12.7. The Morgan fingerprint density at radius 3 is 1.40 bits per heavy atom. The molecule has 330 valence electrons. The highest BCUT2D eigenvalue weighted by atomic mass is 16.6. The molecule has 0 heterocycles. The number of unbranched alkanes of at least 4 members (excludes halogenated alkanes) is 19. The Morgan fingerprint density at radius 1 is 0.526 bits per heavy atom. The van der Waals surface area contributed by atoms with E-state index in [-0.39, 0.29) is 36.2 Å². The summed E-state index contributed by atoms with van der Waals surface area (Å²) >= 11 is 0. The monoisotopic (exact) mass is 803 g/mol. The van der Waals surface area contributed by atoms with E-state index in [1.807, 2.05) is 21.1 Å². The summed E-state index contributed by atoms with van der Waals surface area (Å²) in [6.45, 7) is 4.69. The predicted octanol–water partition coefficient (Wildman–Crippen LogP) is 12.8. The van der Waals surface area contributed by atoms with Gasteiger partial charge in [0, 0.05) is 19.3 Å². The standard InChI is InChI=1S/C49H87NO7/c1-6-8-10-12-14-16-18-20-21-22-23-24-25-26-27-28-30-32-34-36-38-40-48(52)57-45(43-55-42-41-46(49(53)54)50(3,4)5)44-56-47(51)39-37-35-33-31-29-19-17-15-13-11-9-7-2/h14,16,20-21,23-24,26-27,45-46H,6-13,15,17-19,22,25,28-44H2,1-5H3/p+1/b16-14+,21-20+,24-23+,27-26+. The summed E-state index contributed by atoms with van der Waals surface area (Å²) in [6, 6.07) is -0.618. The fourth-order valence-electron chi connectivity index (χ4n) is 6.60. The van der Waals surface area contributed by atoms with E-state index in [1.54, 1.807) is 0 Å². The van der Waals surface area contributed by atoms with E-state index < -0.39 is 18.1 Å². The SMILES string of the molecule is CCCCC/C=C/C/C=C/C/C=C/C/C=C/CCCCCCCC(=O)OC(COCCC(C(=O)O)[N+](C)(C)C)COC(=O)CCCCCCCCCCCCCC. The average Bonchev–Trinajstić information content (AvgIpc) is 3.17. The first-order chi connectivity index (χ1) is 27.6. The highest BCUT2D eigenvalue weighted by Gasteiger charge is 2.31. The summed E-state index contributed by atoms with van der Waals surface area (Å²) in [7, 11) is 5.52. The highest BCUT2D eigenvalue weighted by Crippen LogP contribution is 2.14. The van der Waals surface area contributed by atoms with Gasteiger partial charge >= 0.3 is 17.9 Å². The molecule has 0 spiro atoms. The summed E-state index contributed by atoms with van der Waals surface area (Å²) in [5.41, 5.74) is 0. The van der Waals surface area contributed by atoms with Crippen molar-refractivity contribution >= 4 is 17.9 Å². The van der Waals surface area contributed by atoms with Crippen molar-refractivity contribution in [3.8, 4) is 0 Å². The van der Waals surface area contributed by atoms with E-state index in [9.17, 15) is 19.5 Å². The van der Waals surface area contributed by atoms with Gasteiger partial charge in [-0.1, -0.05) is 165 Å². The number of hydrogen-bond acceptors (Lipinski definition) is 6. The van der Waals surface area contributed by atoms with E-state index in [1.165, 1.54) is 83.5 Å². The largest absolute Gasteiger partial charge is 0.477 e. The first kappa shape index (κ1) is 54.3. The van der Waals surface area contributed by atoms with E-state index >= 15 is 0 Å². The van der Waals surface area contributed by atoms with Crippen LogP contribution in [0.4, 0.5) is 0 Å². The summed E-state index contributed by atoms with van der Waals surface area (Å²) in [5.74, 6) is -1.49. The Hall–Kier alpha value is -2.71. The van der Waals surface area contributed by atoms with Gasteiger partial charge in [0.05, 0.1) is 34.4 Å². The fraction of sp³-hybridized carbons (Fsp3) is 0.776. The molecule has 0 aliphatic rings. The van der Waals surface area contributed by atoms with Crippen LogP contribution >= 0.6 is 0 Å². The van der Waals surface area contributed by atoms with Gasteiger partial charge in [0.15, 0.2) is 12.1 Å². The molecule has 1 N–H and O–H groups in total. The zero-order valence-corrected chi connectivity index (χ0v) is 37.5. The van der Waals surface area contributed by atoms with Crippen molar-refractivity contribution in [3.05, 3.63) is 48.6 Å². The molecule has 8 heteroatoms. The maximum atomic E-state index is 12.7. The van der Waals surface area contributed by atoms with Crippen molar-refractivity contribution in [2.24, 2.45) is 0 Å². The van der Waals surface area contributed by atoms with Gasteiger partial charge in [-0.15, -0.1) is 0 Å². The molecule has 0 bridgehead atoms. The second kappa shape index (κ2) is 40.1. The number of rotatable bonds is 41. The lowest BCUT2D eigenvalue weighted by atomic mass is 10.0. The molecule has 0 aliphatic carbocycles. The number of quaternary nitrogens is 1. The van der Waals surface area contributed by atoms with Crippen LogP contribution in [0.5, 0.6) is 0 Å². The van der Waals surface area contributed by atoms with Crippen LogP contribution in [0.25, 0.3) is 0 Å². The molecular formula is C49H88NO7+. The number of aliphatic carboxylic acids is 1. The lowest BCUT2D eigenvalue weighted by Crippen LogP contribution is -2.50. The molecule has 0 aliphatic heterocycles. The first-order valence-electron chi connectivity index (χ1n) is 23.2. The van der Waals surface area contributed by atoms with Gasteiger partial charge in [-0.3, -0.25) is 9.59 Å². The normalized spacial score (nSPS) is 13.4. The zero-order chi connectivity index (χ0) is 42.1. The number of nitrogens with zero attached hydrogens (tertiary/aromatic N) is 1. The molecule has 57 heavy (non-hydrogen) atoms. The van der Waals surface area contributed by atoms with Crippen molar-refractivity contribution in [2.75, 3.05) is 41.0 Å². The van der Waals surface area contributed by atoms with Crippen molar-refractivity contribution in [1.82, 2.24) is 0 Å². The third kappa shape index (κ3) is 38.6. The van der Waals surface area contributed by atoms with Gasteiger partial charge in [-0.2, -0.15) is 0 Å². The quantitative estimate of drug-likeness (QED) is 0.0284. The minimum atomic E-state index is -0.878. The number of hydrogen-bond donors (Lipinski definition) is 1. The van der Waals surface area contributed by atoms with Gasteiger partial charge in [-0.05, 0) is 57.8 Å². The minimum absolute atomic E-state index is 0.0542. The van der Waals surface area contributed by atoms with Gasteiger partial charge in [0.25, 0.3) is 0 Å². The van der Waals surface area contributed by atoms with Crippen LogP contribution in [0.1, 0.15) is 194 Å². The Balaban J connectivity index is 4.34. The maximum Gasteiger partial charge on any atom is 0.362 e. The number of allylic oxidation sites excluding steroid dienone is 8. The third-order valence-corrected chi connectivity index (χ3v) is 10.2. The van der Waals surface area contributed by atoms with Crippen molar-refractivity contribution in [3.63, 3.8) is 0 Å². The zero-order valence-electron chi connectivity index (χ0n) is 37.5. The fourth-order valence-corrected chi connectivity index (χ4v) is 6.60. The van der Waals surface area contributed by atoms with Crippen LogP contribution in [0.3, 0.4) is 0 Å². The number of esters is 2. The summed E-state index contributed by atoms with van der Waals surface area (Å²) in [4.78, 5) is 37.0. The lowest BCUT2D eigenvalue weighted by Gasteiger charge is -2.31. The van der Waals surface area contributed by atoms with Crippen molar-refractivity contribution in [1.29, 1.82) is 0 Å². The molecule has 0 saturated carbocycles. The minimum Gasteiger partial charge on any atom is -0.477 e. The summed E-state index contributed by atoms with van der Waals surface area (Å²) < 4.78 is 17.3. The van der Waals surface area contributed by atoms with E-state index in [2.05, 4.69) is 62.5 Å². The highest BCUT2D eigenvalue weighted by molar-refractivity contribution is 5.72. The molecule has 2 atom stereocenters. The molecule has 8 nitrogen and oxygen atoms in total. The Morgan fingerprint density at radius 2 is 0.930 bits per heavy atom. The number of carbonyl (C=O) groups is 3. The average molecular weight is 803 g/mol. The second-order valence-electron chi connectivity index (χ2n) is 16.7.